The maximum Gasteiger partial charge on any atom is 0.294 e. The highest BCUT2D eigenvalue weighted by Crippen LogP contribution is 2.25. The first-order valence-electron chi connectivity index (χ1n) is 6.54. The van der Waals surface area contributed by atoms with E-state index in [2.05, 4.69) is 41.3 Å². The minimum Gasteiger partial charge on any atom is -0.468 e. The van der Waals surface area contributed by atoms with Gasteiger partial charge < -0.3 is 15.0 Å². The molecule has 0 radical (unpaired) electrons. The third-order valence-corrected chi connectivity index (χ3v) is 3.79. The smallest absolute Gasteiger partial charge is 0.294 e. The van der Waals surface area contributed by atoms with Crippen molar-refractivity contribution in [3.63, 3.8) is 0 Å². The van der Waals surface area contributed by atoms with Gasteiger partial charge in [-0.2, -0.15) is 0 Å². The van der Waals surface area contributed by atoms with Gasteiger partial charge in [0, 0.05) is 18.6 Å². The van der Waals surface area contributed by atoms with E-state index in [0.29, 0.717) is 17.8 Å². The second kappa shape index (κ2) is 6.45. The third kappa shape index (κ3) is 4.51. The van der Waals surface area contributed by atoms with Gasteiger partial charge in [0.15, 0.2) is 0 Å². The van der Waals surface area contributed by atoms with Gasteiger partial charge in [0.25, 0.3) is 5.19 Å². The lowest BCUT2D eigenvalue weighted by Gasteiger charge is -2.14. The highest BCUT2D eigenvalue weighted by molar-refractivity contribution is 7.13. The molecule has 6 heteroatoms. The van der Waals surface area contributed by atoms with E-state index in [1.807, 2.05) is 0 Å². The highest BCUT2D eigenvalue weighted by atomic mass is 32.1. The molecule has 0 spiro atoms. The molecule has 1 heterocycles. The largest absolute Gasteiger partial charge is 0.468 e. The Balaban J connectivity index is 1.66. The van der Waals surface area contributed by atoms with Crippen LogP contribution in [-0.4, -0.2) is 47.4 Å². The Morgan fingerprint density at radius 3 is 2.89 bits per heavy atom. The molecule has 0 aliphatic heterocycles. The zero-order valence-corrected chi connectivity index (χ0v) is 12.2. The summed E-state index contributed by atoms with van der Waals surface area (Å²) in [6.07, 6.45) is 2.67. The summed E-state index contributed by atoms with van der Waals surface area (Å²) in [5, 5.41) is 13.1. The van der Waals surface area contributed by atoms with Crippen molar-refractivity contribution in [1.82, 2.24) is 20.4 Å². The molecule has 1 N–H and O–H groups in total. The van der Waals surface area contributed by atoms with E-state index >= 15 is 0 Å². The summed E-state index contributed by atoms with van der Waals surface area (Å²) < 4.78 is 5.62. The van der Waals surface area contributed by atoms with Gasteiger partial charge in [0.2, 0.25) is 0 Å². The first-order chi connectivity index (χ1) is 8.65. The number of nitrogens with zero attached hydrogens (tertiary/aromatic N) is 3. The Morgan fingerprint density at radius 1 is 1.44 bits per heavy atom. The fraction of sp³-hybridized carbons (Fsp3) is 0.833. The minimum absolute atomic E-state index is 0.463. The Kier molecular flexibility index (Phi) is 4.91. The second-order valence-electron chi connectivity index (χ2n) is 5.06. The van der Waals surface area contributed by atoms with E-state index < -0.39 is 0 Å². The van der Waals surface area contributed by atoms with Crippen LogP contribution in [0.15, 0.2) is 0 Å². The molecule has 0 unspecified atom stereocenters. The highest BCUT2D eigenvalue weighted by Gasteiger charge is 2.25. The zero-order valence-electron chi connectivity index (χ0n) is 11.3. The fourth-order valence-corrected chi connectivity index (χ4v) is 2.30. The number of hydrogen-bond acceptors (Lipinski definition) is 6. The van der Waals surface area contributed by atoms with E-state index in [9.17, 15) is 0 Å². The molecule has 18 heavy (non-hydrogen) atoms. The van der Waals surface area contributed by atoms with Crippen LogP contribution in [0.3, 0.4) is 0 Å². The maximum atomic E-state index is 5.62. The first-order valence-corrected chi connectivity index (χ1v) is 7.35. The molecule has 2 rings (SSSR count). The predicted molar refractivity (Wildman–Crippen MR) is 73.0 cm³/mol. The van der Waals surface area contributed by atoms with Gasteiger partial charge >= 0.3 is 0 Å². The molecule has 0 aromatic carbocycles. The van der Waals surface area contributed by atoms with Gasteiger partial charge in [-0.1, -0.05) is 25.2 Å². The van der Waals surface area contributed by atoms with E-state index in [1.54, 1.807) is 0 Å². The van der Waals surface area contributed by atoms with Crippen LogP contribution in [0, 0.1) is 0 Å². The number of nitrogens with one attached hydrogen (secondary N) is 1. The van der Waals surface area contributed by atoms with E-state index in [-0.39, 0.29) is 0 Å². The summed E-state index contributed by atoms with van der Waals surface area (Å²) in [5.74, 6) is 0. The Labute approximate surface area is 113 Å². The third-order valence-electron chi connectivity index (χ3n) is 2.95. The predicted octanol–water partition coefficient (Wildman–Crippen LogP) is 1.51. The van der Waals surface area contributed by atoms with Crippen LogP contribution in [0.2, 0.25) is 0 Å². The lowest BCUT2D eigenvalue weighted by molar-refractivity contribution is 0.230. The van der Waals surface area contributed by atoms with E-state index in [4.69, 9.17) is 4.74 Å². The Bertz CT molecular complexity index is 365. The van der Waals surface area contributed by atoms with Crippen molar-refractivity contribution in [1.29, 1.82) is 0 Å². The van der Waals surface area contributed by atoms with Crippen molar-refractivity contribution in [2.45, 2.75) is 45.3 Å². The molecule has 1 aromatic heterocycles. The summed E-state index contributed by atoms with van der Waals surface area (Å²) in [5.41, 5.74) is 0. The second-order valence-corrected chi connectivity index (χ2v) is 6.08. The van der Waals surface area contributed by atoms with Gasteiger partial charge in [-0.25, -0.2) is 0 Å². The Morgan fingerprint density at radius 2 is 2.22 bits per heavy atom. The zero-order chi connectivity index (χ0) is 13.0. The van der Waals surface area contributed by atoms with Crippen molar-refractivity contribution in [3.8, 4) is 5.19 Å². The molecule has 1 fully saturated rings. The van der Waals surface area contributed by atoms with Gasteiger partial charge in [0.1, 0.15) is 11.6 Å². The lowest BCUT2D eigenvalue weighted by atomic mass is 10.4. The molecular weight excluding hydrogens is 248 g/mol. The summed E-state index contributed by atoms with van der Waals surface area (Å²) in [6, 6.07) is 1.25. The van der Waals surface area contributed by atoms with Crippen LogP contribution in [0.5, 0.6) is 5.19 Å². The summed E-state index contributed by atoms with van der Waals surface area (Å²) >= 11 is 1.53. The number of likely N-dealkylation sites (N-methyl/N-ethyl adjacent to an activating group) is 1. The van der Waals surface area contributed by atoms with Crippen molar-refractivity contribution in [3.05, 3.63) is 5.01 Å². The number of ether oxygens (including phenoxy) is 1. The average molecular weight is 270 g/mol. The van der Waals surface area contributed by atoms with Gasteiger partial charge in [-0.05, 0) is 19.9 Å². The van der Waals surface area contributed by atoms with Crippen LogP contribution in [0.25, 0.3) is 0 Å². The quantitative estimate of drug-likeness (QED) is 0.776. The standard InChI is InChI=1S/C12H22N4OS/c1-9(2)13-8-11-14-15-12(18-11)17-7-6-16(3)10-4-5-10/h9-10,13H,4-8H2,1-3H3. The summed E-state index contributed by atoms with van der Waals surface area (Å²) in [7, 11) is 2.15. The van der Waals surface area contributed by atoms with Crippen LogP contribution in [-0.2, 0) is 6.54 Å². The molecule has 1 aliphatic rings. The summed E-state index contributed by atoms with van der Waals surface area (Å²) in [6.45, 7) is 6.65. The molecule has 1 aromatic rings. The van der Waals surface area contributed by atoms with Crippen LogP contribution >= 0.6 is 11.3 Å². The van der Waals surface area contributed by atoms with Gasteiger partial charge in [0.05, 0.1) is 6.54 Å². The van der Waals surface area contributed by atoms with E-state index in [0.717, 1.165) is 24.1 Å². The number of aromatic nitrogens is 2. The van der Waals surface area contributed by atoms with Gasteiger partial charge in [-0.15, -0.1) is 10.2 Å². The molecule has 1 aliphatic carbocycles. The molecule has 5 nitrogen and oxygen atoms in total. The van der Waals surface area contributed by atoms with Crippen molar-refractivity contribution < 1.29 is 4.74 Å². The fourth-order valence-electron chi connectivity index (χ4n) is 1.63. The average Bonchev–Trinajstić information content (AvgIpc) is 3.08. The Hall–Kier alpha value is -0.720. The molecule has 0 amide bonds. The normalized spacial score (nSPS) is 15.6. The maximum absolute atomic E-state index is 5.62. The van der Waals surface area contributed by atoms with Gasteiger partial charge in [-0.3, -0.25) is 0 Å². The van der Waals surface area contributed by atoms with Crippen LogP contribution < -0.4 is 10.1 Å². The molecule has 1 saturated carbocycles. The minimum atomic E-state index is 0.463. The van der Waals surface area contributed by atoms with Crippen molar-refractivity contribution >= 4 is 11.3 Å². The topological polar surface area (TPSA) is 50.3 Å². The van der Waals surface area contributed by atoms with Crippen molar-refractivity contribution in [2.75, 3.05) is 20.2 Å². The molecule has 0 bridgehead atoms. The lowest BCUT2D eigenvalue weighted by Crippen LogP contribution is -2.26. The first kappa shape index (κ1) is 13.7. The van der Waals surface area contributed by atoms with E-state index in [1.165, 1.54) is 24.2 Å². The molecular formula is C12H22N4OS. The number of rotatable bonds is 8. The molecule has 102 valence electrons. The van der Waals surface area contributed by atoms with Crippen molar-refractivity contribution in [2.24, 2.45) is 0 Å². The summed E-state index contributed by atoms with van der Waals surface area (Å²) in [4.78, 5) is 2.35. The number of hydrogen-bond donors (Lipinski definition) is 1. The monoisotopic (exact) mass is 270 g/mol. The molecule has 0 saturated heterocycles. The molecule has 0 atom stereocenters. The van der Waals surface area contributed by atoms with Crippen LogP contribution in [0.4, 0.5) is 0 Å². The SMILES string of the molecule is CC(C)NCc1nnc(OCCN(C)C2CC2)s1. The van der Waals surface area contributed by atoms with Crippen LogP contribution in [0.1, 0.15) is 31.7 Å².